The van der Waals surface area contributed by atoms with E-state index >= 15 is 0 Å². The first-order valence-corrected chi connectivity index (χ1v) is 7.19. The van der Waals surface area contributed by atoms with Crippen molar-refractivity contribution in [1.29, 1.82) is 0 Å². The molecule has 0 aliphatic carbocycles. The average molecular weight is 316 g/mol. The van der Waals surface area contributed by atoms with Gasteiger partial charge in [0.15, 0.2) is 5.58 Å². The van der Waals surface area contributed by atoms with Crippen LogP contribution in [0.5, 0.6) is 0 Å². The number of carbonyl (C=O) groups excluding carboxylic acids is 1. The van der Waals surface area contributed by atoms with E-state index in [1.54, 1.807) is 6.07 Å². The number of halogens is 1. The smallest absolute Gasteiger partial charge is 0.315 e. The van der Waals surface area contributed by atoms with Crippen molar-refractivity contribution in [1.82, 2.24) is 15.8 Å². The molecule has 112 valence electrons. The minimum absolute atomic E-state index is 0.271. The van der Waals surface area contributed by atoms with Gasteiger partial charge < -0.3 is 15.2 Å². The normalized spacial score (nSPS) is 10.6. The van der Waals surface area contributed by atoms with Crippen LogP contribution in [0.2, 0.25) is 5.02 Å². The third-order valence-corrected chi connectivity index (χ3v) is 3.45. The predicted octanol–water partition coefficient (Wildman–Crippen LogP) is 3.48. The van der Waals surface area contributed by atoms with Crippen LogP contribution in [0.3, 0.4) is 0 Å². The van der Waals surface area contributed by atoms with Gasteiger partial charge in [0.2, 0.25) is 0 Å². The van der Waals surface area contributed by atoms with E-state index in [1.165, 1.54) is 0 Å². The highest BCUT2D eigenvalue weighted by Crippen LogP contribution is 2.17. The minimum atomic E-state index is -0.271. The minimum Gasteiger partial charge on any atom is -0.356 e. The molecule has 0 aliphatic rings. The summed E-state index contributed by atoms with van der Waals surface area (Å²) in [5, 5.41) is 11.0. The number of hydrogen-bond acceptors (Lipinski definition) is 3. The van der Waals surface area contributed by atoms with E-state index in [2.05, 4.69) is 15.8 Å². The molecule has 1 heterocycles. The Hall–Kier alpha value is -2.53. The van der Waals surface area contributed by atoms with Crippen molar-refractivity contribution >= 4 is 28.6 Å². The van der Waals surface area contributed by atoms with E-state index in [0.717, 1.165) is 10.9 Å². The predicted molar refractivity (Wildman–Crippen MR) is 84.5 cm³/mol. The summed E-state index contributed by atoms with van der Waals surface area (Å²) >= 11 is 5.90. The van der Waals surface area contributed by atoms with Gasteiger partial charge >= 0.3 is 6.03 Å². The molecule has 0 aliphatic heterocycles. The molecule has 6 heteroatoms. The van der Waals surface area contributed by atoms with Crippen LogP contribution in [0.15, 0.2) is 53.1 Å². The molecule has 0 saturated heterocycles. The van der Waals surface area contributed by atoms with Gasteiger partial charge in [0.25, 0.3) is 0 Å². The number of urea groups is 1. The number of para-hydroxylation sites is 1. The summed E-state index contributed by atoms with van der Waals surface area (Å²) in [7, 11) is 0. The summed E-state index contributed by atoms with van der Waals surface area (Å²) in [5.74, 6) is 0. The molecule has 22 heavy (non-hydrogen) atoms. The number of nitrogens with zero attached hydrogens (tertiary/aromatic N) is 1. The second-order valence-electron chi connectivity index (χ2n) is 4.79. The van der Waals surface area contributed by atoms with E-state index < -0.39 is 0 Å². The van der Waals surface area contributed by atoms with Gasteiger partial charge in [-0.1, -0.05) is 41.0 Å². The van der Waals surface area contributed by atoms with Gasteiger partial charge in [-0.2, -0.15) is 0 Å². The maximum absolute atomic E-state index is 11.8. The lowest BCUT2D eigenvalue weighted by atomic mass is 10.2. The second kappa shape index (κ2) is 6.49. The van der Waals surface area contributed by atoms with E-state index in [0.29, 0.717) is 29.4 Å². The standard InChI is InChI=1S/C16H14ClN3O2/c17-12-5-3-4-11(8-12)9-18-16(21)19-10-14-13-6-1-2-7-15(13)22-20-14/h1-8H,9-10H2,(H2,18,19,21). The second-order valence-corrected chi connectivity index (χ2v) is 5.23. The molecule has 0 bridgehead atoms. The van der Waals surface area contributed by atoms with Crippen LogP contribution < -0.4 is 10.6 Å². The van der Waals surface area contributed by atoms with Crippen molar-refractivity contribution in [3.8, 4) is 0 Å². The summed E-state index contributed by atoms with van der Waals surface area (Å²) < 4.78 is 5.19. The van der Waals surface area contributed by atoms with Crippen LogP contribution in [0.25, 0.3) is 11.0 Å². The topological polar surface area (TPSA) is 67.2 Å². The van der Waals surface area contributed by atoms with Gasteiger partial charge in [-0.15, -0.1) is 0 Å². The Bertz CT molecular complexity index is 801. The van der Waals surface area contributed by atoms with Gasteiger partial charge in [-0.25, -0.2) is 4.79 Å². The number of carbonyl (C=O) groups is 1. The summed E-state index contributed by atoms with van der Waals surface area (Å²) in [5.41, 5.74) is 2.35. The monoisotopic (exact) mass is 315 g/mol. The summed E-state index contributed by atoms with van der Waals surface area (Å²) in [4.78, 5) is 11.8. The molecular weight excluding hydrogens is 302 g/mol. The number of aromatic nitrogens is 1. The maximum Gasteiger partial charge on any atom is 0.315 e. The molecule has 0 unspecified atom stereocenters. The quantitative estimate of drug-likeness (QED) is 0.774. The van der Waals surface area contributed by atoms with Crippen LogP contribution in [-0.2, 0) is 13.1 Å². The van der Waals surface area contributed by atoms with Crippen molar-refractivity contribution < 1.29 is 9.32 Å². The van der Waals surface area contributed by atoms with E-state index in [4.69, 9.17) is 16.1 Å². The highest BCUT2D eigenvalue weighted by atomic mass is 35.5. The lowest BCUT2D eigenvalue weighted by Crippen LogP contribution is -2.34. The Morgan fingerprint density at radius 3 is 2.77 bits per heavy atom. The molecule has 0 saturated carbocycles. The molecule has 0 spiro atoms. The van der Waals surface area contributed by atoms with Gasteiger partial charge in [0.05, 0.1) is 6.54 Å². The SMILES string of the molecule is O=C(NCc1cccc(Cl)c1)NCc1noc2ccccc12. The Morgan fingerprint density at radius 2 is 1.91 bits per heavy atom. The highest BCUT2D eigenvalue weighted by Gasteiger charge is 2.08. The first-order chi connectivity index (χ1) is 10.7. The largest absolute Gasteiger partial charge is 0.356 e. The van der Waals surface area contributed by atoms with Crippen LogP contribution in [0.4, 0.5) is 4.79 Å². The molecular formula is C16H14ClN3O2. The Balaban J connectivity index is 1.54. The zero-order valence-corrected chi connectivity index (χ0v) is 12.4. The van der Waals surface area contributed by atoms with E-state index in [-0.39, 0.29) is 6.03 Å². The van der Waals surface area contributed by atoms with Crippen molar-refractivity contribution in [2.75, 3.05) is 0 Å². The first-order valence-electron chi connectivity index (χ1n) is 6.82. The fraction of sp³-hybridized carbons (Fsp3) is 0.125. The van der Waals surface area contributed by atoms with Gasteiger partial charge in [0.1, 0.15) is 5.69 Å². The van der Waals surface area contributed by atoms with Crippen molar-refractivity contribution in [2.45, 2.75) is 13.1 Å². The lowest BCUT2D eigenvalue weighted by molar-refractivity contribution is 0.240. The molecule has 3 rings (SSSR count). The Morgan fingerprint density at radius 1 is 1.09 bits per heavy atom. The van der Waals surface area contributed by atoms with Crippen LogP contribution in [0.1, 0.15) is 11.3 Å². The lowest BCUT2D eigenvalue weighted by Gasteiger charge is -2.06. The van der Waals surface area contributed by atoms with Crippen LogP contribution in [0, 0.1) is 0 Å². The third-order valence-electron chi connectivity index (χ3n) is 3.21. The number of benzene rings is 2. The number of rotatable bonds is 4. The van der Waals surface area contributed by atoms with Crippen LogP contribution in [-0.4, -0.2) is 11.2 Å². The summed E-state index contributed by atoms with van der Waals surface area (Å²) in [6.45, 7) is 0.713. The highest BCUT2D eigenvalue weighted by molar-refractivity contribution is 6.30. The number of fused-ring (bicyclic) bond motifs is 1. The molecule has 1 aromatic heterocycles. The maximum atomic E-state index is 11.8. The molecule has 0 radical (unpaired) electrons. The summed E-state index contributed by atoms with van der Waals surface area (Å²) in [6.07, 6.45) is 0. The van der Waals surface area contributed by atoms with Crippen molar-refractivity contribution in [3.63, 3.8) is 0 Å². The van der Waals surface area contributed by atoms with E-state index in [1.807, 2.05) is 42.5 Å². The van der Waals surface area contributed by atoms with E-state index in [9.17, 15) is 4.79 Å². The Kier molecular flexibility index (Phi) is 4.25. The number of amides is 2. The van der Waals surface area contributed by atoms with Gasteiger partial charge in [0, 0.05) is 17.0 Å². The molecule has 2 aromatic carbocycles. The molecule has 5 nitrogen and oxygen atoms in total. The van der Waals surface area contributed by atoms with Gasteiger partial charge in [-0.3, -0.25) is 0 Å². The van der Waals surface area contributed by atoms with Gasteiger partial charge in [-0.05, 0) is 29.8 Å². The van der Waals surface area contributed by atoms with Crippen molar-refractivity contribution in [3.05, 3.63) is 64.8 Å². The summed E-state index contributed by atoms with van der Waals surface area (Å²) in [6, 6.07) is 14.6. The number of nitrogens with one attached hydrogen (secondary N) is 2. The molecule has 0 atom stereocenters. The average Bonchev–Trinajstić information content (AvgIpc) is 2.94. The third kappa shape index (κ3) is 3.38. The zero-order valence-electron chi connectivity index (χ0n) is 11.7. The number of hydrogen-bond donors (Lipinski definition) is 2. The Labute approximate surface area is 132 Å². The molecule has 2 amide bonds. The fourth-order valence-electron chi connectivity index (χ4n) is 2.12. The fourth-order valence-corrected chi connectivity index (χ4v) is 2.33. The first kappa shape index (κ1) is 14.4. The molecule has 2 N–H and O–H groups in total. The molecule has 3 aromatic rings. The van der Waals surface area contributed by atoms with Crippen LogP contribution >= 0.6 is 11.6 Å². The zero-order chi connectivity index (χ0) is 15.4. The van der Waals surface area contributed by atoms with Crippen molar-refractivity contribution in [2.24, 2.45) is 0 Å². The molecule has 0 fully saturated rings.